The van der Waals surface area contributed by atoms with E-state index in [-0.39, 0.29) is 0 Å². The normalized spacial score (nSPS) is 53.3. The Kier molecular flexibility index (Phi) is 2.83. The van der Waals surface area contributed by atoms with Gasteiger partial charge in [0.15, 0.2) is 0 Å². The maximum absolute atomic E-state index is 11.9. The molecule has 1 heteroatoms. The first-order valence-electron chi connectivity index (χ1n) is 8.69. The molecule has 0 amide bonds. The number of ketones is 1. The van der Waals surface area contributed by atoms with Crippen molar-refractivity contribution >= 4 is 5.78 Å². The second-order valence-electron chi connectivity index (χ2n) is 8.31. The van der Waals surface area contributed by atoms with Gasteiger partial charge in [0.25, 0.3) is 0 Å². The summed E-state index contributed by atoms with van der Waals surface area (Å²) in [5.41, 5.74) is 0.377. The van der Waals surface area contributed by atoms with Crippen molar-refractivity contribution in [3.05, 3.63) is 0 Å². The first kappa shape index (κ1) is 12.4. The van der Waals surface area contributed by atoms with E-state index in [1.54, 1.807) is 0 Å². The SMILES string of the molecule is C[C@@]12CCC3C4CCCC4CCC3C1CCC(=O)C2. The van der Waals surface area contributed by atoms with Crippen LogP contribution >= 0.6 is 0 Å². The Balaban J connectivity index is 1.60. The summed E-state index contributed by atoms with van der Waals surface area (Å²) < 4.78 is 0. The fraction of sp³-hybridized carbons (Fsp3) is 0.944. The summed E-state index contributed by atoms with van der Waals surface area (Å²) in [5.74, 6) is 5.59. The van der Waals surface area contributed by atoms with Crippen LogP contribution in [0, 0.1) is 35.0 Å². The molecule has 4 rings (SSSR count). The lowest BCUT2D eigenvalue weighted by molar-refractivity contribution is -0.133. The summed E-state index contributed by atoms with van der Waals surface area (Å²) in [5, 5.41) is 0. The molecule has 0 aromatic heterocycles. The third-order valence-electron chi connectivity index (χ3n) is 7.48. The molecule has 4 aliphatic rings. The summed E-state index contributed by atoms with van der Waals surface area (Å²) in [4.78, 5) is 11.9. The molecule has 0 aromatic rings. The second kappa shape index (κ2) is 4.33. The summed E-state index contributed by atoms with van der Waals surface area (Å²) in [6, 6.07) is 0. The molecule has 0 bridgehead atoms. The van der Waals surface area contributed by atoms with Gasteiger partial charge in [0.2, 0.25) is 0 Å². The van der Waals surface area contributed by atoms with E-state index >= 15 is 0 Å². The Bertz CT molecular complexity index is 387. The third kappa shape index (κ3) is 1.83. The number of fused-ring (bicyclic) bond motifs is 5. The predicted octanol–water partition coefficient (Wildman–Crippen LogP) is 4.60. The lowest BCUT2D eigenvalue weighted by Gasteiger charge is -2.56. The number of Topliss-reactive ketones (excluding diaryl/α,β-unsaturated/α-hetero) is 1. The Morgan fingerprint density at radius 2 is 1.84 bits per heavy atom. The molecule has 4 saturated carbocycles. The number of rotatable bonds is 0. The van der Waals surface area contributed by atoms with Crippen molar-refractivity contribution in [1.82, 2.24) is 0 Å². The van der Waals surface area contributed by atoms with Gasteiger partial charge in [0, 0.05) is 12.8 Å². The highest BCUT2D eigenvalue weighted by atomic mass is 16.1. The van der Waals surface area contributed by atoms with E-state index in [0.717, 1.165) is 42.4 Å². The summed E-state index contributed by atoms with van der Waals surface area (Å²) in [6.07, 6.45) is 13.3. The summed E-state index contributed by atoms with van der Waals surface area (Å²) in [7, 11) is 0. The third-order valence-corrected chi connectivity index (χ3v) is 7.48. The molecule has 4 aliphatic carbocycles. The maximum atomic E-state index is 11.9. The Labute approximate surface area is 117 Å². The van der Waals surface area contributed by atoms with Gasteiger partial charge in [-0.3, -0.25) is 4.79 Å². The molecule has 6 atom stereocenters. The van der Waals surface area contributed by atoms with Gasteiger partial charge >= 0.3 is 0 Å². The van der Waals surface area contributed by atoms with E-state index < -0.39 is 0 Å². The molecule has 19 heavy (non-hydrogen) atoms. The summed E-state index contributed by atoms with van der Waals surface area (Å²) in [6.45, 7) is 2.44. The van der Waals surface area contributed by atoms with Crippen LogP contribution in [0.15, 0.2) is 0 Å². The van der Waals surface area contributed by atoms with E-state index in [1.165, 1.54) is 51.4 Å². The van der Waals surface area contributed by atoms with Crippen LogP contribution < -0.4 is 0 Å². The molecule has 0 N–H and O–H groups in total. The van der Waals surface area contributed by atoms with E-state index in [1.807, 2.05) is 0 Å². The van der Waals surface area contributed by atoms with Crippen LogP contribution in [-0.4, -0.2) is 5.78 Å². The molecule has 1 nitrogen and oxygen atoms in total. The first-order valence-corrected chi connectivity index (χ1v) is 8.69. The molecule has 0 spiro atoms. The van der Waals surface area contributed by atoms with E-state index in [4.69, 9.17) is 0 Å². The monoisotopic (exact) mass is 260 g/mol. The molecule has 0 heterocycles. The fourth-order valence-corrected chi connectivity index (χ4v) is 6.69. The highest BCUT2D eigenvalue weighted by Crippen LogP contribution is 2.61. The highest BCUT2D eigenvalue weighted by Gasteiger charge is 2.53. The zero-order valence-corrected chi connectivity index (χ0v) is 12.4. The Hall–Kier alpha value is -0.330. The average Bonchev–Trinajstić information content (AvgIpc) is 2.85. The molecule has 5 unspecified atom stereocenters. The van der Waals surface area contributed by atoms with Gasteiger partial charge in [-0.2, -0.15) is 0 Å². The zero-order valence-electron chi connectivity index (χ0n) is 12.4. The molecular weight excluding hydrogens is 232 g/mol. The van der Waals surface area contributed by atoms with Crippen molar-refractivity contribution in [2.45, 2.75) is 71.1 Å². The Morgan fingerprint density at radius 3 is 2.74 bits per heavy atom. The number of hydrogen-bond donors (Lipinski definition) is 0. The van der Waals surface area contributed by atoms with Crippen molar-refractivity contribution in [1.29, 1.82) is 0 Å². The van der Waals surface area contributed by atoms with Crippen molar-refractivity contribution < 1.29 is 4.79 Å². The highest BCUT2D eigenvalue weighted by molar-refractivity contribution is 5.80. The maximum Gasteiger partial charge on any atom is 0.133 e. The van der Waals surface area contributed by atoms with Gasteiger partial charge in [-0.15, -0.1) is 0 Å². The smallest absolute Gasteiger partial charge is 0.133 e. The van der Waals surface area contributed by atoms with Crippen LogP contribution in [0.5, 0.6) is 0 Å². The van der Waals surface area contributed by atoms with Crippen LogP contribution in [0.1, 0.15) is 71.1 Å². The van der Waals surface area contributed by atoms with Crippen molar-refractivity contribution in [2.75, 3.05) is 0 Å². The number of carbonyl (C=O) groups excluding carboxylic acids is 1. The number of carbonyl (C=O) groups is 1. The topological polar surface area (TPSA) is 17.1 Å². The van der Waals surface area contributed by atoms with Crippen molar-refractivity contribution in [3.8, 4) is 0 Å². The van der Waals surface area contributed by atoms with Gasteiger partial charge in [-0.1, -0.05) is 19.8 Å². The van der Waals surface area contributed by atoms with E-state index in [9.17, 15) is 4.79 Å². The minimum Gasteiger partial charge on any atom is -0.300 e. The Morgan fingerprint density at radius 1 is 0.947 bits per heavy atom. The van der Waals surface area contributed by atoms with Crippen LogP contribution in [0.4, 0.5) is 0 Å². The van der Waals surface area contributed by atoms with E-state index in [2.05, 4.69) is 6.92 Å². The van der Waals surface area contributed by atoms with Gasteiger partial charge < -0.3 is 0 Å². The number of hydrogen-bond acceptors (Lipinski definition) is 1. The van der Waals surface area contributed by atoms with Crippen LogP contribution in [0.2, 0.25) is 0 Å². The molecule has 0 radical (unpaired) electrons. The second-order valence-corrected chi connectivity index (χ2v) is 8.31. The average molecular weight is 260 g/mol. The molecular formula is C18H28O. The van der Waals surface area contributed by atoms with Crippen molar-refractivity contribution in [2.24, 2.45) is 35.0 Å². The van der Waals surface area contributed by atoms with Gasteiger partial charge in [-0.25, -0.2) is 0 Å². The molecule has 4 fully saturated rings. The fourth-order valence-electron chi connectivity index (χ4n) is 6.69. The van der Waals surface area contributed by atoms with Crippen LogP contribution in [0.25, 0.3) is 0 Å². The van der Waals surface area contributed by atoms with E-state index in [0.29, 0.717) is 11.2 Å². The van der Waals surface area contributed by atoms with Gasteiger partial charge in [0.05, 0.1) is 0 Å². The molecule has 0 saturated heterocycles. The molecule has 0 aromatic carbocycles. The van der Waals surface area contributed by atoms with Gasteiger partial charge in [-0.05, 0) is 73.5 Å². The predicted molar refractivity (Wildman–Crippen MR) is 76.7 cm³/mol. The van der Waals surface area contributed by atoms with Crippen LogP contribution in [-0.2, 0) is 4.79 Å². The zero-order chi connectivity index (χ0) is 13.0. The summed E-state index contributed by atoms with van der Waals surface area (Å²) >= 11 is 0. The van der Waals surface area contributed by atoms with Gasteiger partial charge in [0.1, 0.15) is 5.78 Å². The minimum absolute atomic E-state index is 0.377. The molecule has 106 valence electrons. The quantitative estimate of drug-likeness (QED) is 0.622. The lowest BCUT2D eigenvalue weighted by Crippen LogP contribution is -2.49. The largest absolute Gasteiger partial charge is 0.300 e. The van der Waals surface area contributed by atoms with Crippen LogP contribution in [0.3, 0.4) is 0 Å². The molecule has 0 aliphatic heterocycles. The standard InChI is InChI=1S/C18H28O/c1-18-10-9-15-14-4-2-3-12(14)5-7-16(15)17(18)8-6-13(19)11-18/h12,14-17H,2-11H2,1H3/t12?,14?,15?,16?,17?,18-/m0/s1. The lowest BCUT2D eigenvalue weighted by atomic mass is 9.49. The van der Waals surface area contributed by atoms with Crippen molar-refractivity contribution in [3.63, 3.8) is 0 Å². The minimum atomic E-state index is 0.377. The first-order chi connectivity index (χ1) is 9.17.